The van der Waals surface area contributed by atoms with Crippen LogP contribution >= 0.6 is 11.6 Å². The molecular formula is C17H17ClN4. The van der Waals surface area contributed by atoms with Crippen LogP contribution < -0.4 is 10.2 Å². The number of aromatic nitrogens is 2. The van der Waals surface area contributed by atoms with Gasteiger partial charge in [0.15, 0.2) is 0 Å². The van der Waals surface area contributed by atoms with Crippen molar-refractivity contribution in [3.05, 3.63) is 59.1 Å². The molecule has 22 heavy (non-hydrogen) atoms. The number of benzene rings is 2. The molecule has 0 fully saturated rings. The highest BCUT2D eigenvalue weighted by atomic mass is 35.5. The van der Waals surface area contributed by atoms with Crippen molar-refractivity contribution in [2.45, 2.75) is 6.54 Å². The number of para-hydroxylation sites is 1. The van der Waals surface area contributed by atoms with Crippen LogP contribution in [0.2, 0.25) is 5.02 Å². The molecule has 0 aliphatic carbocycles. The van der Waals surface area contributed by atoms with Gasteiger partial charge in [0.25, 0.3) is 0 Å². The van der Waals surface area contributed by atoms with Gasteiger partial charge >= 0.3 is 0 Å². The van der Waals surface area contributed by atoms with Gasteiger partial charge in [0.05, 0.1) is 5.52 Å². The minimum absolute atomic E-state index is 0.588. The van der Waals surface area contributed by atoms with Crippen LogP contribution in [-0.4, -0.2) is 24.1 Å². The van der Waals surface area contributed by atoms with Gasteiger partial charge in [-0.1, -0.05) is 41.9 Å². The van der Waals surface area contributed by atoms with Gasteiger partial charge in [-0.05, 0) is 23.8 Å². The second-order valence-corrected chi connectivity index (χ2v) is 5.63. The third kappa shape index (κ3) is 2.97. The van der Waals surface area contributed by atoms with Crippen LogP contribution in [0.5, 0.6) is 0 Å². The predicted molar refractivity (Wildman–Crippen MR) is 92.6 cm³/mol. The molecule has 0 spiro atoms. The molecule has 0 atom stereocenters. The van der Waals surface area contributed by atoms with Crippen LogP contribution in [0.25, 0.3) is 10.9 Å². The summed E-state index contributed by atoms with van der Waals surface area (Å²) in [5, 5.41) is 5.03. The zero-order valence-corrected chi connectivity index (χ0v) is 13.3. The molecule has 0 aliphatic heterocycles. The lowest BCUT2D eigenvalue weighted by Crippen LogP contribution is -2.13. The first-order valence-corrected chi connectivity index (χ1v) is 7.44. The molecule has 3 rings (SSSR count). The number of hydrogen-bond acceptors (Lipinski definition) is 4. The summed E-state index contributed by atoms with van der Waals surface area (Å²) in [4.78, 5) is 11.2. The minimum atomic E-state index is 0.588. The van der Waals surface area contributed by atoms with E-state index in [2.05, 4.69) is 15.3 Å². The van der Waals surface area contributed by atoms with Crippen molar-refractivity contribution in [1.29, 1.82) is 0 Å². The van der Waals surface area contributed by atoms with Crippen molar-refractivity contribution in [2.75, 3.05) is 24.3 Å². The van der Waals surface area contributed by atoms with Gasteiger partial charge in [0, 0.05) is 31.0 Å². The summed E-state index contributed by atoms with van der Waals surface area (Å²) in [7, 11) is 3.96. The van der Waals surface area contributed by atoms with Crippen LogP contribution in [0.3, 0.4) is 0 Å². The summed E-state index contributed by atoms with van der Waals surface area (Å²) in [6.45, 7) is 0.588. The number of nitrogens with zero attached hydrogens (tertiary/aromatic N) is 3. The summed E-state index contributed by atoms with van der Waals surface area (Å²) in [5.74, 6) is 1.49. The molecule has 0 saturated carbocycles. The fraction of sp³-hybridized carbons (Fsp3) is 0.176. The molecule has 0 bridgehead atoms. The predicted octanol–water partition coefficient (Wildman–Crippen LogP) is 3.96. The number of nitrogens with one attached hydrogen (secondary N) is 1. The van der Waals surface area contributed by atoms with Crippen molar-refractivity contribution in [3.63, 3.8) is 0 Å². The third-order valence-electron chi connectivity index (χ3n) is 3.40. The van der Waals surface area contributed by atoms with E-state index in [1.165, 1.54) is 0 Å². The summed E-state index contributed by atoms with van der Waals surface area (Å²) in [6, 6.07) is 15.8. The van der Waals surface area contributed by atoms with E-state index in [9.17, 15) is 0 Å². The first-order chi connectivity index (χ1) is 10.6. The monoisotopic (exact) mass is 312 g/mol. The van der Waals surface area contributed by atoms with E-state index in [1.54, 1.807) is 0 Å². The molecule has 0 unspecified atom stereocenters. The van der Waals surface area contributed by atoms with E-state index in [0.29, 0.717) is 12.5 Å². The zero-order chi connectivity index (χ0) is 15.5. The normalized spacial score (nSPS) is 10.7. The van der Waals surface area contributed by atoms with Crippen LogP contribution in [0.4, 0.5) is 11.8 Å². The molecular weight excluding hydrogens is 296 g/mol. The molecule has 112 valence electrons. The average Bonchev–Trinajstić information content (AvgIpc) is 2.53. The second-order valence-electron chi connectivity index (χ2n) is 5.23. The molecule has 2 aromatic carbocycles. The topological polar surface area (TPSA) is 41.1 Å². The Balaban J connectivity index is 1.93. The first-order valence-electron chi connectivity index (χ1n) is 7.06. The number of fused-ring (bicyclic) bond motifs is 1. The van der Waals surface area contributed by atoms with E-state index < -0.39 is 0 Å². The van der Waals surface area contributed by atoms with Crippen LogP contribution in [0.15, 0.2) is 48.5 Å². The summed E-state index contributed by atoms with van der Waals surface area (Å²) < 4.78 is 0. The van der Waals surface area contributed by atoms with Gasteiger partial charge in [-0.25, -0.2) is 4.98 Å². The Morgan fingerprint density at radius 3 is 2.50 bits per heavy atom. The van der Waals surface area contributed by atoms with Crippen LogP contribution in [-0.2, 0) is 6.54 Å². The Morgan fingerprint density at radius 2 is 1.73 bits per heavy atom. The molecule has 0 radical (unpaired) electrons. The molecule has 3 aromatic rings. The minimum Gasteiger partial charge on any atom is -0.362 e. The number of halogens is 1. The Hall–Kier alpha value is -2.33. The quantitative estimate of drug-likeness (QED) is 0.791. The first kappa shape index (κ1) is 14.6. The maximum Gasteiger partial charge on any atom is 0.225 e. The molecule has 1 heterocycles. The Kier molecular flexibility index (Phi) is 4.11. The Morgan fingerprint density at radius 1 is 1.00 bits per heavy atom. The highest BCUT2D eigenvalue weighted by Gasteiger charge is 2.09. The van der Waals surface area contributed by atoms with Gasteiger partial charge in [-0.3, -0.25) is 0 Å². The van der Waals surface area contributed by atoms with Crippen molar-refractivity contribution in [1.82, 2.24) is 9.97 Å². The van der Waals surface area contributed by atoms with E-state index in [1.807, 2.05) is 67.5 Å². The summed E-state index contributed by atoms with van der Waals surface area (Å²) >= 11 is 6.18. The maximum atomic E-state index is 6.18. The van der Waals surface area contributed by atoms with Crippen molar-refractivity contribution >= 4 is 34.3 Å². The second kappa shape index (κ2) is 6.20. The molecule has 1 aromatic heterocycles. The molecule has 5 heteroatoms. The fourth-order valence-corrected chi connectivity index (χ4v) is 2.50. The summed E-state index contributed by atoms with van der Waals surface area (Å²) in [6.07, 6.45) is 0. The molecule has 4 nitrogen and oxygen atoms in total. The van der Waals surface area contributed by atoms with Crippen LogP contribution in [0, 0.1) is 0 Å². The SMILES string of the molecule is CN(C)c1nc(NCc2ccccc2Cl)nc2ccccc12. The van der Waals surface area contributed by atoms with E-state index in [4.69, 9.17) is 11.6 Å². The largest absolute Gasteiger partial charge is 0.362 e. The lowest BCUT2D eigenvalue weighted by Gasteiger charge is -2.16. The van der Waals surface area contributed by atoms with Crippen LogP contribution in [0.1, 0.15) is 5.56 Å². The van der Waals surface area contributed by atoms with Gasteiger partial charge in [-0.2, -0.15) is 4.98 Å². The lowest BCUT2D eigenvalue weighted by molar-refractivity contribution is 1.03. The number of hydrogen-bond donors (Lipinski definition) is 1. The average molecular weight is 313 g/mol. The molecule has 0 aliphatic rings. The van der Waals surface area contributed by atoms with Gasteiger partial charge < -0.3 is 10.2 Å². The number of rotatable bonds is 4. The highest BCUT2D eigenvalue weighted by Crippen LogP contribution is 2.24. The Labute approximate surface area is 134 Å². The fourth-order valence-electron chi connectivity index (χ4n) is 2.30. The third-order valence-corrected chi connectivity index (χ3v) is 3.77. The van der Waals surface area contributed by atoms with Gasteiger partial charge in [-0.15, -0.1) is 0 Å². The highest BCUT2D eigenvalue weighted by molar-refractivity contribution is 6.31. The van der Waals surface area contributed by atoms with E-state index in [-0.39, 0.29) is 0 Å². The van der Waals surface area contributed by atoms with Gasteiger partial charge in [0.2, 0.25) is 5.95 Å². The number of anilines is 2. The lowest BCUT2D eigenvalue weighted by atomic mass is 10.2. The van der Waals surface area contributed by atoms with E-state index in [0.717, 1.165) is 27.3 Å². The van der Waals surface area contributed by atoms with Crippen molar-refractivity contribution in [3.8, 4) is 0 Å². The van der Waals surface area contributed by atoms with Gasteiger partial charge in [0.1, 0.15) is 5.82 Å². The standard InChI is InChI=1S/C17H17ClN4/c1-22(2)16-13-8-4-6-10-15(13)20-17(21-16)19-11-12-7-3-5-9-14(12)18/h3-10H,11H2,1-2H3,(H,19,20,21). The van der Waals surface area contributed by atoms with Crippen molar-refractivity contribution in [2.24, 2.45) is 0 Å². The van der Waals surface area contributed by atoms with E-state index >= 15 is 0 Å². The molecule has 0 amide bonds. The van der Waals surface area contributed by atoms with Crippen molar-refractivity contribution < 1.29 is 0 Å². The molecule has 1 N–H and O–H groups in total. The molecule has 0 saturated heterocycles. The zero-order valence-electron chi connectivity index (χ0n) is 12.5. The smallest absolute Gasteiger partial charge is 0.225 e. The Bertz CT molecular complexity index is 802. The summed E-state index contributed by atoms with van der Waals surface area (Å²) in [5.41, 5.74) is 1.94. The maximum absolute atomic E-state index is 6.18.